The average molecular weight is 449 g/mol. The normalized spacial score (nSPS) is 10.9. The van der Waals surface area contributed by atoms with Gasteiger partial charge < -0.3 is 19.5 Å². The number of nitrogens with zero attached hydrogens (tertiary/aromatic N) is 3. The zero-order chi connectivity index (χ0) is 23.0. The maximum Gasteiger partial charge on any atom is 0.448 e. The van der Waals surface area contributed by atoms with E-state index in [2.05, 4.69) is 9.69 Å². The zero-order valence-electron chi connectivity index (χ0n) is 17.9. The number of hydrogen-bond acceptors (Lipinski definition) is 5. The number of ketones is 1. The van der Waals surface area contributed by atoms with Crippen molar-refractivity contribution in [2.45, 2.75) is 13.1 Å². The van der Waals surface area contributed by atoms with Gasteiger partial charge in [0.05, 0.1) is 0 Å². The van der Waals surface area contributed by atoms with Gasteiger partial charge in [-0.3, -0.25) is 4.79 Å². The fraction of sp³-hybridized carbons (Fsp3) is 0.167. The van der Waals surface area contributed by atoms with Gasteiger partial charge in [-0.25, -0.2) is 4.57 Å². The number of carbonyl (C=O) groups excluding carboxylic acids is 1. The summed E-state index contributed by atoms with van der Waals surface area (Å²) in [6, 6.07) is 26.8. The third-order valence-electron chi connectivity index (χ3n) is 5.00. The molecule has 0 aromatic heterocycles. The van der Waals surface area contributed by atoms with E-state index in [0.717, 1.165) is 25.5 Å². The van der Waals surface area contributed by atoms with Crippen molar-refractivity contribution in [2.24, 2.45) is 0 Å². The molecule has 8 heteroatoms. The maximum atomic E-state index is 13.2. The molecule has 0 aliphatic heterocycles. The molecule has 3 aromatic rings. The van der Waals surface area contributed by atoms with Crippen LogP contribution < -0.4 is 4.90 Å². The molecule has 0 heterocycles. The van der Waals surface area contributed by atoms with Crippen molar-refractivity contribution >= 4 is 24.5 Å². The molecule has 0 atom stereocenters. The van der Waals surface area contributed by atoms with Crippen LogP contribution in [0.2, 0.25) is 0 Å². The van der Waals surface area contributed by atoms with Gasteiger partial charge in [0.2, 0.25) is 0 Å². The van der Waals surface area contributed by atoms with Crippen molar-refractivity contribution in [1.82, 2.24) is 0 Å². The minimum atomic E-state index is -4.04. The Balaban J connectivity index is 1.99. The minimum absolute atomic E-state index is 0.253. The van der Waals surface area contributed by atoms with Crippen molar-refractivity contribution < 1.29 is 23.2 Å². The van der Waals surface area contributed by atoms with Crippen LogP contribution in [-0.4, -0.2) is 30.2 Å². The third kappa shape index (κ3) is 5.28. The quantitative estimate of drug-likeness (QED) is 0.140. The van der Waals surface area contributed by atoms with Crippen LogP contribution >= 0.6 is 7.60 Å². The Bertz CT molecular complexity index is 1150. The van der Waals surface area contributed by atoms with E-state index in [1.165, 1.54) is 0 Å². The first-order valence-electron chi connectivity index (χ1n) is 9.93. The summed E-state index contributed by atoms with van der Waals surface area (Å²) in [5.74, 6) is -0.720. The fourth-order valence-electron chi connectivity index (χ4n) is 3.36. The van der Waals surface area contributed by atoms with Crippen LogP contribution in [0, 0.1) is 0 Å². The highest BCUT2D eigenvalue weighted by atomic mass is 31.2. The summed E-state index contributed by atoms with van der Waals surface area (Å²) in [7, 11) is -1.78. The van der Waals surface area contributed by atoms with Crippen molar-refractivity contribution in [3.05, 3.63) is 107 Å². The zero-order valence-corrected chi connectivity index (χ0v) is 18.8. The lowest BCUT2D eigenvalue weighted by Crippen LogP contribution is -2.25. The van der Waals surface area contributed by atoms with Crippen LogP contribution in [0.15, 0.2) is 84.9 Å². The Labute approximate surface area is 187 Å². The van der Waals surface area contributed by atoms with Crippen LogP contribution in [0.4, 0.5) is 5.69 Å². The predicted octanol–water partition coefficient (Wildman–Crippen LogP) is 5.19. The van der Waals surface area contributed by atoms with Gasteiger partial charge in [-0.15, -0.1) is 0 Å². The standard InChI is InChI=1S/C24H24N3O4P/c1-30-32(29,31-2)24(26-25)23(28)22-16-10-9-13-20(22)18-27(21-14-7-4-8-15-21)17-19-11-5-3-6-12-19/h3-16H,17-18H2,1-2H3. The summed E-state index contributed by atoms with van der Waals surface area (Å²) in [4.78, 5) is 18.3. The number of benzene rings is 3. The SMILES string of the molecule is COP(=O)(OC)C(=[N+]=[N-])C(=O)c1ccccc1CN(Cc1ccccc1)c1ccccc1. The van der Waals surface area contributed by atoms with Crippen LogP contribution in [0.5, 0.6) is 0 Å². The summed E-state index contributed by atoms with van der Waals surface area (Å²) in [5.41, 5.74) is 11.8. The molecule has 0 amide bonds. The summed E-state index contributed by atoms with van der Waals surface area (Å²) in [6.07, 6.45) is 0. The van der Waals surface area contributed by atoms with E-state index in [0.29, 0.717) is 18.7 Å². The van der Waals surface area contributed by atoms with Crippen molar-refractivity contribution in [3.63, 3.8) is 0 Å². The molecule has 0 fully saturated rings. The molecule has 0 N–H and O–H groups in total. The molecule has 0 saturated heterocycles. The van der Waals surface area contributed by atoms with Gasteiger partial charge in [0.15, 0.2) is 0 Å². The number of Topliss-reactive ketones (excluding diaryl/α,β-unsaturated/α-hetero) is 1. The molecular weight excluding hydrogens is 425 g/mol. The molecule has 3 rings (SSSR count). The van der Waals surface area contributed by atoms with Gasteiger partial charge in [0.1, 0.15) is 0 Å². The average Bonchev–Trinajstić information content (AvgIpc) is 2.85. The summed E-state index contributed by atoms with van der Waals surface area (Å²) in [6.45, 7) is 1.01. The van der Waals surface area contributed by atoms with Gasteiger partial charge >= 0.3 is 13.0 Å². The van der Waals surface area contributed by atoms with Crippen LogP contribution in [0.25, 0.3) is 5.53 Å². The van der Waals surface area contributed by atoms with E-state index in [-0.39, 0.29) is 5.56 Å². The minimum Gasteiger partial charge on any atom is -0.363 e. The molecule has 3 aromatic carbocycles. The van der Waals surface area contributed by atoms with Crippen molar-refractivity contribution in [2.75, 3.05) is 19.1 Å². The molecule has 0 aliphatic rings. The number of anilines is 1. The molecule has 7 nitrogen and oxygen atoms in total. The smallest absolute Gasteiger partial charge is 0.363 e. The van der Waals surface area contributed by atoms with Crippen LogP contribution in [0.1, 0.15) is 21.5 Å². The largest absolute Gasteiger partial charge is 0.448 e. The van der Waals surface area contributed by atoms with Crippen LogP contribution in [-0.2, 0) is 26.7 Å². The Kier molecular flexibility index (Phi) is 7.87. The molecule has 0 spiro atoms. The number of hydrogen-bond donors (Lipinski definition) is 0. The van der Waals surface area contributed by atoms with E-state index in [9.17, 15) is 14.9 Å². The van der Waals surface area contributed by atoms with Crippen LogP contribution in [0.3, 0.4) is 0 Å². The molecule has 0 unspecified atom stereocenters. The Hall–Kier alpha value is -3.34. The lowest BCUT2D eigenvalue weighted by molar-refractivity contribution is -0.00425. The second-order valence-electron chi connectivity index (χ2n) is 6.95. The van der Waals surface area contributed by atoms with Gasteiger partial charge in [-0.2, -0.15) is 4.79 Å². The molecular formula is C24H24N3O4P. The van der Waals surface area contributed by atoms with Gasteiger partial charge in [-0.1, -0.05) is 72.8 Å². The first-order chi connectivity index (χ1) is 15.5. The number of rotatable bonds is 10. The highest BCUT2D eigenvalue weighted by Crippen LogP contribution is 2.48. The van der Waals surface area contributed by atoms with Gasteiger partial charge in [0.25, 0.3) is 5.78 Å². The number of para-hydroxylation sites is 1. The van der Waals surface area contributed by atoms with Gasteiger partial charge in [0, 0.05) is 38.6 Å². The van der Waals surface area contributed by atoms with E-state index in [1.54, 1.807) is 12.1 Å². The Morgan fingerprint density at radius 1 is 0.875 bits per heavy atom. The maximum absolute atomic E-state index is 13.2. The molecule has 0 bridgehead atoms. The van der Waals surface area contributed by atoms with Crippen molar-refractivity contribution in [1.29, 1.82) is 0 Å². The Morgan fingerprint density at radius 2 is 1.44 bits per heavy atom. The predicted molar refractivity (Wildman–Crippen MR) is 124 cm³/mol. The first-order valence-corrected chi connectivity index (χ1v) is 11.5. The molecule has 164 valence electrons. The lowest BCUT2D eigenvalue weighted by Gasteiger charge is -2.26. The molecule has 32 heavy (non-hydrogen) atoms. The highest BCUT2D eigenvalue weighted by molar-refractivity contribution is 7.75. The highest BCUT2D eigenvalue weighted by Gasteiger charge is 2.45. The second kappa shape index (κ2) is 10.8. The Morgan fingerprint density at radius 3 is 2.03 bits per heavy atom. The molecule has 0 saturated carbocycles. The summed E-state index contributed by atoms with van der Waals surface area (Å²) < 4.78 is 22.5. The summed E-state index contributed by atoms with van der Waals surface area (Å²) in [5, 5.41) is 0. The third-order valence-corrected chi connectivity index (χ3v) is 6.77. The lowest BCUT2D eigenvalue weighted by atomic mass is 10.0. The first kappa shape index (κ1) is 23.3. The molecule has 0 radical (unpaired) electrons. The van der Waals surface area contributed by atoms with Gasteiger partial charge in [-0.05, 0) is 23.3 Å². The number of carbonyl (C=O) groups is 1. The fourth-order valence-corrected chi connectivity index (χ4v) is 4.33. The van der Waals surface area contributed by atoms with Crippen molar-refractivity contribution in [3.8, 4) is 0 Å². The summed E-state index contributed by atoms with van der Waals surface area (Å²) >= 11 is 0. The van der Waals surface area contributed by atoms with E-state index < -0.39 is 18.8 Å². The topological polar surface area (TPSA) is 92.2 Å². The van der Waals surface area contributed by atoms with E-state index in [4.69, 9.17) is 9.05 Å². The van der Waals surface area contributed by atoms with E-state index >= 15 is 0 Å². The monoisotopic (exact) mass is 449 g/mol. The second-order valence-corrected chi connectivity index (χ2v) is 9.10. The van der Waals surface area contributed by atoms with E-state index in [1.807, 2.05) is 72.8 Å². The molecule has 0 aliphatic carbocycles.